The number of hydrogen-bond acceptors (Lipinski definition) is 1. The summed E-state index contributed by atoms with van der Waals surface area (Å²) in [5.74, 6) is 1.75. The Hall–Kier alpha value is -0.630. The van der Waals surface area contributed by atoms with E-state index in [1.807, 2.05) is 26.0 Å². The zero-order valence-electron chi connectivity index (χ0n) is 14.3. The molecule has 21 heavy (non-hydrogen) atoms. The van der Waals surface area contributed by atoms with Crippen LogP contribution in [0.4, 0.5) is 0 Å². The van der Waals surface area contributed by atoms with E-state index >= 15 is 0 Å². The first-order valence-electron chi connectivity index (χ1n) is 7.98. The molecule has 0 bridgehead atoms. The van der Waals surface area contributed by atoms with E-state index < -0.39 is 0 Å². The van der Waals surface area contributed by atoms with Crippen LogP contribution in [-0.2, 0) is 4.79 Å². The second-order valence-electron chi connectivity index (χ2n) is 6.54. The van der Waals surface area contributed by atoms with Gasteiger partial charge < -0.3 is 0 Å². The van der Waals surface area contributed by atoms with Crippen LogP contribution < -0.4 is 0 Å². The summed E-state index contributed by atoms with van der Waals surface area (Å²) in [7, 11) is 0. The molecule has 0 heterocycles. The summed E-state index contributed by atoms with van der Waals surface area (Å²) in [5.41, 5.74) is 0.815. The first-order valence-corrected chi connectivity index (χ1v) is 8.77. The van der Waals surface area contributed by atoms with E-state index in [4.69, 9.17) is 0 Å². The number of Topliss-reactive ketones (excluding diaryl/α,β-unsaturated/α-hetero) is 1. The lowest BCUT2D eigenvalue weighted by atomic mass is 9.87. The largest absolute Gasteiger partial charge is 0.294 e. The van der Waals surface area contributed by atoms with Crippen molar-refractivity contribution in [1.82, 2.24) is 0 Å². The van der Waals surface area contributed by atoms with Crippen molar-refractivity contribution in [2.24, 2.45) is 17.8 Å². The molecule has 0 N–H and O–H groups in total. The minimum Gasteiger partial charge on any atom is -0.294 e. The highest BCUT2D eigenvalue weighted by Gasteiger charge is 2.17. The lowest BCUT2D eigenvalue weighted by molar-refractivity contribution is -0.119. The van der Waals surface area contributed by atoms with Crippen molar-refractivity contribution in [2.75, 3.05) is 0 Å². The van der Waals surface area contributed by atoms with Crippen LogP contribution in [0.5, 0.6) is 0 Å². The van der Waals surface area contributed by atoms with Crippen LogP contribution in [0.1, 0.15) is 60.3 Å². The van der Waals surface area contributed by atoms with Crippen molar-refractivity contribution in [3.05, 3.63) is 34.9 Å². The molecule has 0 aromatic heterocycles. The molecule has 0 radical (unpaired) electrons. The van der Waals surface area contributed by atoms with Gasteiger partial charge in [0.15, 0.2) is 5.78 Å². The Balaban J connectivity index is 4.34. The molecule has 2 heteroatoms. The topological polar surface area (TPSA) is 17.1 Å². The summed E-state index contributed by atoms with van der Waals surface area (Å²) in [4.78, 5) is 12.3. The Morgan fingerprint density at radius 3 is 2.29 bits per heavy atom. The van der Waals surface area contributed by atoms with Gasteiger partial charge in [0.1, 0.15) is 0 Å². The van der Waals surface area contributed by atoms with Gasteiger partial charge >= 0.3 is 0 Å². The van der Waals surface area contributed by atoms with Gasteiger partial charge in [-0.1, -0.05) is 81.6 Å². The summed E-state index contributed by atoms with van der Waals surface area (Å²) < 4.78 is 0.893. The smallest absolute Gasteiger partial charge is 0.161 e. The van der Waals surface area contributed by atoms with Gasteiger partial charge in [0.05, 0.1) is 0 Å². The molecule has 1 nitrogen and oxygen atoms in total. The Labute approximate surface area is 139 Å². The number of ketones is 1. The predicted octanol–water partition coefficient (Wildman–Crippen LogP) is 6.46. The second-order valence-corrected chi connectivity index (χ2v) is 7.45. The third-order valence-electron chi connectivity index (χ3n) is 3.76. The molecular weight excluding hydrogens is 324 g/mol. The molecular formula is C19H31BrO. The number of carbonyl (C=O) groups excluding carboxylic acids is 1. The quantitative estimate of drug-likeness (QED) is 0.325. The third kappa shape index (κ3) is 9.84. The van der Waals surface area contributed by atoms with Crippen molar-refractivity contribution < 1.29 is 4.79 Å². The van der Waals surface area contributed by atoms with Gasteiger partial charge in [0, 0.05) is 10.4 Å². The Kier molecular flexibility index (Phi) is 10.7. The molecule has 120 valence electrons. The third-order valence-corrected chi connectivity index (χ3v) is 4.35. The molecule has 0 aliphatic rings. The summed E-state index contributed by atoms with van der Waals surface area (Å²) in [5, 5.41) is 0. The normalized spacial score (nSPS) is 16.0. The van der Waals surface area contributed by atoms with Crippen molar-refractivity contribution in [2.45, 2.75) is 60.3 Å². The van der Waals surface area contributed by atoms with Crippen LogP contribution in [0, 0.1) is 17.8 Å². The number of carbonyl (C=O) groups is 1. The zero-order valence-corrected chi connectivity index (χ0v) is 15.9. The standard InChI is InChI=1S/C19H31BrO/c1-7-18(20)12-11-16(5)19(21)17(6)13-15(4)10-8-9-14(2)3/h7,11-12,14-15,17H,1,8-10,13H2,2-6H3. The van der Waals surface area contributed by atoms with Crippen molar-refractivity contribution in [3.63, 3.8) is 0 Å². The van der Waals surface area contributed by atoms with Gasteiger partial charge in [-0.25, -0.2) is 0 Å². The number of rotatable bonds is 10. The van der Waals surface area contributed by atoms with Gasteiger partial charge in [0.2, 0.25) is 0 Å². The van der Waals surface area contributed by atoms with E-state index in [-0.39, 0.29) is 11.7 Å². The minimum absolute atomic E-state index is 0.103. The van der Waals surface area contributed by atoms with Gasteiger partial charge in [-0.2, -0.15) is 0 Å². The monoisotopic (exact) mass is 354 g/mol. The highest BCUT2D eigenvalue weighted by atomic mass is 79.9. The van der Waals surface area contributed by atoms with Crippen LogP contribution in [0.15, 0.2) is 34.9 Å². The number of allylic oxidation sites excluding steroid dienone is 5. The van der Waals surface area contributed by atoms with Crippen LogP contribution in [0.3, 0.4) is 0 Å². The van der Waals surface area contributed by atoms with E-state index in [0.29, 0.717) is 5.92 Å². The number of hydrogen-bond donors (Lipinski definition) is 0. The van der Waals surface area contributed by atoms with Crippen LogP contribution in [-0.4, -0.2) is 5.78 Å². The Morgan fingerprint density at radius 1 is 1.14 bits per heavy atom. The van der Waals surface area contributed by atoms with Crippen LogP contribution in [0.2, 0.25) is 0 Å². The molecule has 0 fully saturated rings. The second kappa shape index (κ2) is 11.0. The number of halogens is 1. The molecule has 0 aliphatic carbocycles. The first kappa shape index (κ1) is 20.4. The molecule has 0 saturated heterocycles. The lowest BCUT2D eigenvalue weighted by Gasteiger charge is -2.17. The van der Waals surface area contributed by atoms with E-state index in [2.05, 4.69) is 43.3 Å². The summed E-state index contributed by atoms with van der Waals surface area (Å²) in [6.45, 7) is 14.4. The first-order chi connectivity index (χ1) is 9.77. The maximum Gasteiger partial charge on any atom is 0.161 e. The molecule has 2 unspecified atom stereocenters. The van der Waals surface area contributed by atoms with Gasteiger partial charge in [-0.15, -0.1) is 0 Å². The molecule has 0 rings (SSSR count). The maximum atomic E-state index is 12.3. The van der Waals surface area contributed by atoms with Gasteiger partial charge in [-0.05, 0) is 36.8 Å². The fourth-order valence-corrected chi connectivity index (χ4v) is 2.58. The predicted molar refractivity (Wildman–Crippen MR) is 97.6 cm³/mol. The molecule has 0 aliphatic heterocycles. The molecule has 0 aromatic rings. The summed E-state index contributed by atoms with van der Waals surface area (Å²) >= 11 is 3.36. The van der Waals surface area contributed by atoms with Crippen molar-refractivity contribution in [3.8, 4) is 0 Å². The highest BCUT2D eigenvalue weighted by molar-refractivity contribution is 9.11. The SMILES string of the molecule is C=CC(Br)=CC=C(C)C(=O)C(C)CC(C)CCCC(C)C. The lowest BCUT2D eigenvalue weighted by Crippen LogP contribution is -2.15. The van der Waals surface area contributed by atoms with E-state index in [1.165, 1.54) is 19.3 Å². The van der Waals surface area contributed by atoms with Crippen LogP contribution >= 0.6 is 15.9 Å². The van der Waals surface area contributed by atoms with Gasteiger partial charge in [0.25, 0.3) is 0 Å². The van der Waals surface area contributed by atoms with E-state index in [1.54, 1.807) is 6.08 Å². The summed E-state index contributed by atoms with van der Waals surface area (Å²) in [6.07, 6.45) is 10.2. The molecule has 2 atom stereocenters. The minimum atomic E-state index is 0.103. The highest BCUT2D eigenvalue weighted by Crippen LogP contribution is 2.22. The molecule has 0 saturated carbocycles. The zero-order chi connectivity index (χ0) is 16.4. The maximum absolute atomic E-state index is 12.3. The van der Waals surface area contributed by atoms with E-state index in [9.17, 15) is 4.79 Å². The van der Waals surface area contributed by atoms with Crippen molar-refractivity contribution in [1.29, 1.82) is 0 Å². The van der Waals surface area contributed by atoms with E-state index in [0.717, 1.165) is 22.4 Å². The fourth-order valence-electron chi connectivity index (χ4n) is 2.45. The molecule has 0 aromatic carbocycles. The Bertz CT molecular complexity index is 390. The fraction of sp³-hybridized carbons (Fsp3) is 0.632. The Morgan fingerprint density at radius 2 is 1.76 bits per heavy atom. The van der Waals surface area contributed by atoms with Gasteiger partial charge in [-0.3, -0.25) is 4.79 Å². The van der Waals surface area contributed by atoms with Crippen LogP contribution in [0.25, 0.3) is 0 Å². The average Bonchev–Trinajstić information content (AvgIpc) is 2.42. The average molecular weight is 355 g/mol. The molecule has 0 spiro atoms. The van der Waals surface area contributed by atoms with Crippen molar-refractivity contribution >= 4 is 21.7 Å². The molecule has 0 amide bonds. The summed E-state index contributed by atoms with van der Waals surface area (Å²) in [6, 6.07) is 0.